The monoisotopic (exact) mass is 632 g/mol. The molecule has 0 aliphatic heterocycles. The van der Waals surface area contributed by atoms with E-state index in [1.807, 2.05) is 36.4 Å². The fourth-order valence-electron chi connectivity index (χ4n) is 5.17. The van der Waals surface area contributed by atoms with E-state index in [1.165, 1.54) is 12.1 Å². The number of hydrogen-bond donors (Lipinski definition) is 4. The maximum Gasteiger partial charge on any atom is 0.255 e. The molecule has 7 aromatic rings. The van der Waals surface area contributed by atoms with Crippen LogP contribution in [0.15, 0.2) is 97.3 Å². The predicted octanol–water partition coefficient (Wildman–Crippen LogP) is 5.67. The average Bonchev–Trinajstić information content (AvgIpc) is 3.68. The number of imidazole rings is 1. The van der Waals surface area contributed by atoms with E-state index in [0.717, 1.165) is 6.26 Å². The molecule has 0 saturated carbocycles. The minimum Gasteiger partial charge on any atom is -0.336 e. The molecule has 13 heteroatoms. The number of pyridine rings is 2. The van der Waals surface area contributed by atoms with Gasteiger partial charge in [0.1, 0.15) is 11.3 Å². The molecule has 0 aliphatic carbocycles. The lowest BCUT2D eigenvalue weighted by Crippen LogP contribution is -2.21. The quantitative estimate of drug-likeness (QED) is 0.168. The van der Waals surface area contributed by atoms with Crippen molar-refractivity contribution >= 4 is 43.7 Å². The average molecular weight is 633 g/mol. The number of halogens is 1. The van der Waals surface area contributed by atoms with Crippen molar-refractivity contribution in [1.82, 2.24) is 34.9 Å². The summed E-state index contributed by atoms with van der Waals surface area (Å²) in [4.78, 5) is 30.0. The highest BCUT2D eigenvalue weighted by molar-refractivity contribution is 7.88. The van der Waals surface area contributed by atoms with Crippen LogP contribution >= 0.6 is 0 Å². The first-order valence-electron chi connectivity index (χ1n) is 14.1. The van der Waals surface area contributed by atoms with Gasteiger partial charge in [0.05, 0.1) is 40.4 Å². The van der Waals surface area contributed by atoms with Crippen molar-refractivity contribution in [2.24, 2.45) is 0 Å². The van der Waals surface area contributed by atoms with Gasteiger partial charge in [-0.05, 0) is 65.7 Å². The molecule has 0 saturated heterocycles. The summed E-state index contributed by atoms with van der Waals surface area (Å²) in [6.45, 7) is -0.0452. The summed E-state index contributed by atoms with van der Waals surface area (Å²) >= 11 is 0. The highest BCUT2D eigenvalue weighted by Crippen LogP contribution is 2.33. The Balaban J connectivity index is 1.22. The number of H-pyrrole nitrogens is 2. The molecule has 0 atom stereocenters. The summed E-state index contributed by atoms with van der Waals surface area (Å²) in [5.41, 5.74) is 7.08. The van der Waals surface area contributed by atoms with Gasteiger partial charge >= 0.3 is 0 Å². The first kappa shape index (κ1) is 29.0. The number of carbonyl (C=O) groups excluding carboxylic acids is 1. The molecule has 0 unspecified atom stereocenters. The van der Waals surface area contributed by atoms with Crippen molar-refractivity contribution in [2.45, 2.75) is 6.54 Å². The third-order valence-corrected chi connectivity index (χ3v) is 7.95. The van der Waals surface area contributed by atoms with Crippen molar-refractivity contribution in [1.29, 1.82) is 0 Å². The zero-order valence-corrected chi connectivity index (χ0v) is 25.1. The van der Waals surface area contributed by atoms with Gasteiger partial charge in [-0.3, -0.25) is 14.9 Å². The summed E-state index contributed by atoms with van der Waals surface area (Å²) in [7, 11) is -3.45. The Labute approximate surface area is 262 Å². The van der Waals surface area contributed by atoms with Crippen molar-refractivity contribution in [2.75, 3.05) is 11.6 Å². The number of nitrogens with one attached hydrogen (secondary N) is 4. The molecule has 0 radical (unpaired) electrons. The number of hydrogen-bond acceptors (Lipinski definition) is 7. The Bertz CT molecular complexity index is 2370. The highest BCUT2D eigenvalue weighted by atomic mass is 32.2. The normalized spacial score (nSPS) is 11.7. The zero-order valence-electron chi connectivity index (χ0n) is 24.2. The van der Waals surface area contributed by atoms with Crippen LogP contribution in [0.4, 0.5) is 10.1 Å². The lowest BCUT2D eigenvalue weighted by Gasteiger charge is -2.08. The van der Waals surface area contributed by atoms with Gasteiger partial charge in [-0.15, -0.1) is 0 Å². The Kier molecular flexibility index (Phi) is 7.31. The van der Waals surface area contributed by atoms with Crippen LogP contribution in [0.5, 0.6) is 0 Å². The molecular weight excluding hydrogens is 607 g/mol. The number of rotatable bonds is 8. The molecule has 4 heterocycles. The Morgan fingerprint density at radius 2 is 1.72 bits per heavy atom. The van der Waals surface area contributed by atoms with Crippen LogP contribution in [0.25, 0.3) is 56.0 Å². The maximum absolute atomic E-state index is 14.6. The molecule has 7 rings (SSSR count). The Morgan fingerprint density at radius 3 is 2.54 bits per heavy atom. The van der Waals surface area contributed by atoms with E-state index >= 15 is 0 Å². The van der Waals surface area contributed by atoms with E-state index in [4.69, 9.17) is 9.97 Å². The number of anilines is 1. The number of aromatic nitrogens is 6. The number of fused-ring (bicyclic) bond motifs is 2. The zero-order chi connectivity index (χ0) is 31.8. The molecule has 0 spiro atoms. The van der Waals surface area contributed by atoms with Gasteiger partial charge in [0, 0.05) is 29.4 Å². The fraction of sp³-hybridized carbons (Fsp3) is 0.0606. The first-order valence-corrected chi connectivity index (χ1v) is 16.0. The number of carbonyl (C=O) groups is 1. The molecule has 3 aromatic carbocycles. The van der Waals surface area contributed by atoms with Crippen LogP contribution in [-0.4, -0.2) is 50.7 Å². The van der Waals surface area contributed by atoms with Gasteiger partial charge in [-0.1, -0.05) is 30.3 Å². The summed E-state index contributed by atoms with van der Waals surface area (Å²) < 4.78 is 40.2. The van der Waals surface area contributed by atoms with Gasteiger partial charge < -0.3 is 10.3 Å². The number of sulfonamides is 1. The van der Waals surface area contributed by atoms with Crippen molar-refractivity contribution in [3.63, 3.8) is 0 Å². The molecule has 4 aromatic heterocycles. The van der Waals surface area contributed by atoms with E-state index in [-0.39, 0.29) is 12.5 Å². The smallest absolute Gasteiger partial charge is 0.255 e. The number of aromatic amines is 2. The van der Waals surface area contributed by atoms with E-state index in [2.05, 4.69) is 30.2 Å². The largest absolute Gasteiger partial charge is 0.336 e. The molecule has 0 bridgehead atoms. The Hall–Kier alpha value is -5.79. The molecule has 1 amide bonds. The molecule has 11 nitrogen and oxygen atoms in total. The van der Waals surface area contributed by atoms with Gasteiger partial charge in [0.25, 0.3) is 5.91 Å². The van der Waals surface area contributed by atoms with E-state index in [1.54, 1.807) is 48.8 Å². The number of nitrogens with zero attached hydrogens (tertiary/aromatic N) is 4. The minimum absolute atomic E-state index is 0.0452. The first-order chi connectivity index (χ1) is 22.2. The third-order valence-electron chi connectivity index (χ3n) is 7.28. The van der Waals surface area contributed by atoms with Gasteiger partial charge in [0.2, 0.25) is 10.0 Å². The lowest BCUT2D eigenvalue weighted by molar-refractivity contribution is 0.102. The lowest BCUT2D eigenvalue weighted by atomic mass is 10.0. The second-order valence-electron chi connectivity index (χ2n) is 10.7. The van der Waals surface area contributed by atoms with Crippen molar-refractivity contribution in [3.05, 3.63) is 114 Å². The van der Waals surface area contributed by atoms with E-state index in [9.17, 15) is 17.6 Å². The molecule has 228 valence electrons. The van der Waals surface area contributed by atoms with Gasteiger partial charge in [-0.2, -0.15) is 5.10 Å². The van der Waals surface area contributed by atoms with Crippen molar-refractivity contribution < 1.29 is 17.6 Å². The number of para-hydroxylation sites is 1. The minimum atomic E-state index is -3.45. The van der Waals surface area contributed by atoms with E-state index < -0.39 is 15.8 Å². The standard InChI is InChI=1S/C33H25FN8O3S/c1-46(44,45)36-16-19-12-21(14-23(34)13-19)25-8-5-9-27-29(25)40-32(39-27)31-30-28(41-42-31)11-10-26(38-30)22-15-24(18-35-17-22)37-33(43)20-6-3-2-4-7-20/h2-15,17-18,36H,16H2,1H3,(H,37,43)(H,39,40)(H,41,42). The SMILES string of the molecule is CS(=O)(=O)NCc1cc(F)cc(-c2cccc3[nH]c(-c4n[nH]c5ccc(-c6cncc(NC(=O)c7ccccc7)c6)nc45)nc23)c1. The Morgan fingerprint density at radius 1 is 0.870 bits per heavy atom. The topological polar surface area (TPSA) is 158 Å². The number of benzene rings is 3. The maximum atomic E-state index is 14.6. The van der Waals surface area contributed by atoms with Gasteiger partial charge in [0.15, 0.2) is 11.5 Å². The van der Waals surface area contributed by atoms with E-state index in [0.29, 0.717) is 72.8 Å². The molecule has 46 heavy (non-hydrogen) atoms. The molecule has 4 N–H and O–H groups in total. The van der Waals surface area contributed by atoms with Crippen LogP contribution in [0, 0.1) is 5.82 Å². The van der Waals surface area contributed by atoms with Crippen LogP contribution in [0.3, 0.4) is 0 Å². The van der Waals surface area contributed by atoms with Crippen LogP contribution in [-0.2, 0) is 16.6 Å². The molecule has 0 fully saturated rings. The third kappa shape index (κ3) is 5.96. The van der Waals surface area contributed by atoms with Crippen LogP contribution < -0.4 is 10.0 Å². The summed E-state index contributed by atoms with van der Waals surface area (Å²) in [6, 6.07) is 24.3. The highest BCUT2D eigenvalue weighted by Gasteiger charge is 2.18. The van der Waals surface area contributed by atoms with Gasteiger partial charge in [-0.25, -0.2) is 27.5 Å². The molecule has 0 aliphatic rings. The van der Waals surface area contributed by atoms with Crippen LogP contribution in [0.2, 0.25) is 0 Å². The van der Waals surface area contributed by atoms with Crippen LogP contribution in [0.1, 0.15) is 15.9 Å². The summed E-state index contributed by atoms with van der Waals surface area (Å²) in [5.74, 6) is -0.288. The molecular formula is C33H25FN8O3S. The second kappa shape index (κ2) is 11.6. The predicted molar refractivity (Wildman–Crippen MR) is 174 cm³/mol. The summed E-state index contributed by atoms with van der Waals surface area (Å²) in [5, 5.41) is 10.4. The summed E-state index contributed by atoms with van der Waals surface area (Å²) in [6.07, 6.45) is 4.29. The fourth-order valence-corrected chi connectivity index (χ4v) is 5.59. The number of amides is 1. The second-order valence-corrected chi connectivity index (χ2v) is 12.5. The van der Waals surface area contributed by atoms with Crippen molar-refractivity contribution in [3.8, 4) is 33.9 Å².